The Kier molecular flexibility index (Phi) is 8.09. The fourth-order valence-electron chi connectivity index (χ4n) is 3.12. The molecule has 20 heavy (non-hydrogen) atoms. The summed E-state index contributed by atoms with van der Waals surface area (Å²) in [5.74, 6) is 0. The minimum absolute atomic E-state index is 0.589. The third kappa shape index (κ3) is 5.38. The van der Waals surface area contributed by atoms with Crippen molar-refractivity contribution >= 4 is 0 Å². The SMILES string of the molecule is CCCCCCCCCC1N(C(C)C)C=CN1C(C)C. The van der Waals surface area contributed by atoms with Gasteiger partial charge in [0.2, 0.25) is 0 Å². The summed E-state index contributed by atoms with van der Waals surface area (Å²) in [4.78, 5) is 5.05. The molecule has 0 aromatic carbocycles. The van der Waals surface area contributed by atoms with E-state index in [-0.39, 0.29) is 0 Å². The predicted molar refractivity (Wildman–Crippen MR) is 89.5 cm³/mol. The molecule has 0 bridgehead atoms. The van der Waals surface area contributed by atoms with E-state index in [1.165, 1.54) is 51.4 Å². The van der Waals surface area contributed by atoms with Gasteiger partial charge in [-0.2, -0.15) is 0 Å². The number of hydrogen-bond acceptors (Lipinski definition) is 2. The summed E-state index contributed by atoms with van der Waals surface area (Å²) in [6.07, 6.45) is 16.3. The molecule has 1 aliphatic rings. The Morgan fingerprint density at radius 1 is 0.750 bits per heavy atom. The van der Waals surface area contributed by atoms with E-state index < -0.39 is 0 Å². The highest BCUT2D eigenvalue weighted by atomic mass is 15.4. The van der Waals surface area contributed by atoms with Gasteiger partial charge in [-0.3, -0.25) is 0 Å². The van der Waals surface area contributed by atoms with E-state index in [1.54, 1.807) is 0 Å². The van der Waals surface area contributed by atoms with Crippen LogP contribution in [0.1, 0.15) is 86.0 Å². The van der Waals surface area contributed by atoms with Gasteiger partial charge in [-0.15, -0.1) is 0 Å². The van der Waals surface area contributed by atoms with Gasteiger partial charge in [0.05, 0.1) is 0 Å². The van der Waals surface area contributed by atoms with Crippen LogP contribution in [0.2, 0.25) is 0 Å². The monoisotopic (exact) mass is 280 g/mol. The second kappa shape index (κ2) is 9.31. The standard InChI is InChI=1S/C18H36N2/c1-6-7-8-9-10-11-12-13-18-19(16(2)3)14-15-20(18)17(4)5/h14-18H,6-13H2,1-5H3. The van der Waals surface area contributed by atoms with Gasteiger partial charge >= 0.3 is 0 Å². The van der Waals surface area contributed by atoms with Gasteiger partial charge in [0.1, 0.15) is 6.17 Å². The fourth-order valence-corrected chi connectivity index (χ4v) is 3.12. The van der Waals surface area contributed by atoms with Crippen molar-refractivity contribution < 1.29 is 0 Å². The molecule has 0 amide bonds. The molecular formula is C18H36N2. The van der Waals surface area contributed by atoms with Crippen LogP contribution in [0.4, 0.5) is 0 Å². The normalized spacial score (nSPS) is 16.1. The van der Waals surface area contributed by atoms with Gasteiger partial charge in [0, 0.05) is 24.5 Å². The van der Waals surface area contributed by atoms with Gasteiger partial charge in [0.15, 0.2) is 0 Å². The molecule has 0 radical (unpaired) electrons. The van der Waals surface area contributed by atoms with Crippen molar-refractivity contribution in [2.75, 3.05) is 0 Å². The summed E-state index contributed by atoms with van der Waals surface area (Å²) in [5.41, 5.74) is 0. The Labute approximate surface area is 127 Å². The molecular weight excluding hydrogens is 244 g/mol. The third-order valence-corrected chi connectivity index (χ3v) is 4.36. The number of nitrogens with zero attached hydrogens (tertiary/aromatic N) is 2. The number of hydrogen-bond donors (Lipinski definition) is 0. The van der Waals surface area contributed by atoms with Crippen LogP contribution in [-0.4, -0.2) is 28.0 Å². The number of rotatable bonds is 10. The van der Waals surface area contributed by atoms with Crippen molar-refractivity contribution in [3.8, 4) is 0 Å². The molecule has 2 heteroatoms. The minimum atomic E-state index is 0.589. The molecule has 0 aliphatic carbocycles. The summed E-state index contributed by atoms with van der Waals surface area (Å²) in [6, 6.07) is 1.20. The van der Waals surface area contributed by atoms with Gasteiger partial charge < -0.3 is 9.80 Å². The summed E-state index contributed by atoms with van der Waals surface area (Å²) >= 11 is 0. The first-order chi connectivity index (χ1) is 9.57. The Balaban J connectivity index is 2.28. The van der Waals surface area contributed by atoms with E-state index in [2.05, 4.69) is 56.8 Å². The molecule has 0 unspecified atom stereocenters. The van der Waals surface area contributed by atoms with Crippen LogP contribution >= 0.6 is 0 Å². The average molecular weight is 281 g/mol. The van der Waals surface area contributed by atoms with Crippen molar-refractivity contribution in [3.63, 3.8) is 0 Å². The van der Waals surface area contributed by atoms with Crippen LogP contribution in [0.3, 0.4) is 0 Å². The average Bonchev–Trinajstić information content (AvgIpc) is 2.81. The van der Waals surface area contributed by atoms with E-state index in [0.717, 1.165) is 0 Å². The van der Waals surface area contributed by atoms with Crippen LogP contribution in [0.25, 0.3) is 0 Å². The molecule has 1 rings (SSSR count). The van der Waals surface area contributed by atoms with Crippen molar-refractivity contribution in [1.82, 2.24) is 9.80 Å². The van der Waals surface area contributed by atoms with Crippen molar-refractivity contribution in [1.29, 1.82) is 0 Å². The molecule has 0 fully saturated rings. The van der Waals surface area contributed by atoms with Gasteiger partial charge in [-0.25, -0.2) is 0 Å². The predicted octanol–water partition coefficient (Wildman–Crippen LogP) is 5.36. The Morgan fingerprint density at radius 2 is 1.20 bits per heavy atom. The van der Waals surface area contributed by atoms with E-state index in [0.29, 0.717) is 18.2 Å². The molecule has 0 saturated carbocycles. The zero-order valence-corrected chi connectivity index (χ0v) is 14.4. The Hall–Kier alpha value is -0.660. The first kappa shape index (κ1) is 17.4. The lowest BCUT2D eigenvalue weighted by atomic mass is 10.1. The molecule has 0 aromatic heterocycles. The van der Waals surface area contributed by atoms with E-state index in [1.807, 2.05) is 0 Å². The topological polar surface area (TPSA) is 6.48 Å². The fraction of sp³-hybridized carbons (Fsp3) is 0.889. The summed E-state index contributed by atoms with van der Waals surface area (Å²) < 4.78 is 0. The van der Waals surface area contributed by atoms with Crippen molar-refractivity contribution in [2.24, 2.45) is 0 Å². The first-order valence-corrected chi connectivity index (χ1v) is 8.81. The zero-order valence-electron chi connectivity index (χ0n) is 14.4. The van der Waals surface area contributed by atoms with Crippen molar-refractivity contribution in [2.45, 2.75) is 104 Å². The highest BCUT2D eigenvalue weighted by Crippen LogP contribution is 2.25. The Bertz CT molecular complexity index is 253. The quantitative estimate of drug-likeness (QED) is 0.497. The maximum Gasteiger partial charge on any atom is 0.101 e. The second-order valence-corrected chi connectivity index (χ2v) is 6.77. The summed E-state index contributed by atoms with van der Waals surface area (Å²) in [6.45, 7) is 11.5. The summed E-state index contributed by atoms with van der Waals surface area (Å²) in [5, 5.41) is 0. The molecule has 118 valence electrons. The van der Waals surface area contributed by atoms with Crippen LogP contribution in [0.15, 0.2) is 12.4 Å². The molecule has 1 heterocycles. The smallest absolute Gasteiger partial charge is 0.101 e. The Morgan fingerprint density at radius 3 is 1.65 bits per heavy atom. The van der Waals surface area contributed by atoms with Crippen LogP contribution in [0.5, 0.6) is 0 Å². The molecule has 0 atom stereocenters. The lowest BCUT2D eigenvalue weighted by Crippen LogP contribution is -2.44. The molecule has 0 saturated heterocycles. The van der Waals surface area contributed by atoms with E-state index in [9.17, 15) is 0 Å². The largest absolute Gasteiger partial charge is 0.354 e. The van der Waals surface area contributed by atoms with Crippen molar-refractivity contribution in [3.05, 3.63) is 12.4 Å². The zero-order chi connectivity index (χ0) is 15.0. The van der Waals surface area contributed by atoms with E-state index >= 15 is 0 Å². The first-order valence-electron chi connectivity index (χ1n) is 8.81. The molecule has 1 aliphatic heterocycles. The molecule has 2 nitrogen and oxygen atoms in total. The van der Waals surface area contributed by atoms with Crippen LogP contribution in [-0.2, 0) is 0 Å². The number of unbranched alkanes of at least 4 members (excludes halogenated alkanes) is 6. The maximum atomic E-state index is 2.52. The van der Waals surface area contributed by atoms with Gasteiger partial charge in [-0.05, 0) is 40.5 Å². The lowest BCUT2D eigenvalue weighted by molar-refractivity contribution is 0.0946. The van der Waals surface area contributed by atoms with Crippen LogP contribution in [0, 0.1) is 0 Å². The highest BCUT2D eigenvalue weighted by molar-refractivity contribution is 4.99. The third-order valence-electron chi connectivity index (χ3n) is 4.36. The second-order valence-electron chi connectivity index (χ2n) is 6.77. The maximum absolute atomic E-state index is 2.52. The van der Waals surface area contributed by atoms with Gasteiger partial charge in [0.25, 0.3) is 0 Å². The summed E-state index contributed by atoms with van der Waals surface area (Å²) in [7, 11) is 0. The molecule has 0 aromatic rings. The molecule has 0 spiro atoms. The van der Waals surface area contributed by atoms with Crippen LogP contribution < -0.4 is 0 Å². The highest BCUT2D eigenvalue weighted by Gasteiger charge is 2.28. The van der Waals surface area contributed by atoms with Gasteiger partial charge in [-0.1, -0.05) is 45.4 Å². The van der Waals surface area contributed by atoms with E-state index in [4.69, 9.17) is 0 Å². The lowest BCUT2D eigenvalue weighted by Gasteiger charge is -2.37. The minimum Gasteiger partial charge on any atom is -0.354 e. The molecule has 0 N–H and O–H groups in total.